The SMILES string of the molecule is CC(C)OCNCC1(C)CC(CC(=O)OCCCCC(=O)CCc2ccccc2)CC(C)(C)C1. The van der Waals surface area contributed by atoms with Crippen LogP contribution in [-0.2, 0) is 25.5 Å². The van der Waals surface area contributed by atoms with Gasteiger partial charge in [0.1, 0.15) is 5.78 Å². The van der Waals surface area contributed by atoms with Crippen LogP contribution in [0.4, 0.5) is 0 Å². The maximum absolute atomic E-state index is 12.5. The van der Waals surface area contributed by atoms with Crippen molar-refractivity contribution in [3.05, 3.63) is 35.9 Å². The molecule has 1 saturated carbocycles. The third kappa shape index (κ3) is 11.6. The molecule has 0 aromatic heterocycles. The van der Waals surface area contributed by atoms with Crippen molar-refractivity contribution in [2.75, 3.05) is 19.9 Å². The number of rotatable bonds is 15. The molecule has 0 spiro atoms. The van der Waals surface area contributed by atoms with Crippen molar-refractivity contribution in [3.8, 4) is 0 Å². The van der Waals surface area contributed by atoms with Crippen LogP contribution in [0.3, 0.4) is 0 Å². The lowest BCUT2D eigenvalue weighted by molar-refractivity contribution is -0.146. The van der Waals surface area contributed by atoms with E-state index in [1.54, 1.807) is 0 Å². The monoisotopic (exact) mass is 473 g/mol. The van der Waals surface area contributed by atoms with E-state index in [4.69, 9.17) is 9.47 Å². The number of ether oxygens (including phenoxy) is 2. The average Bonchev–Trinajstić information content (AvgIpc) is 2.74. The predicted molar refractivity (Wildman–Crippen MR) is 138 cm³/mol. The fourth-order valence-electron chi connectivity index (χ4n) is 5.67. The lowest BCUT2D eigenvalue weighted by Gasteiger charge is -2.46. The van der Waals surface area contributed by atoms with E-state index >= 15 is 0 Å². The first-order chi connectivity index (χ1) is 16.1. The summed E-state index contributed by atoms with van der Waals surface area (Å²) in [6, 6.07) is 10.1. The Morgan fingerprint density at radius 3 is 2.50 bits per heavy atom. The number of benzene rings is 1. The average molecular weight is 474 g/mol. The quantitative estimate of drug-likeness (QED) is 0.189. The van der Waals surface area contributed by atoms with Crippen molar-refractivity contribution in [1.29, 1.82) is 0 Å². The number of hydrogen-bond acceptors (Lipinski definition) is 5. The van der Waals surface area contributed by atoms with Gasteiger partial charge in [0.25, 0.3) is 0 Å². The highest BCUT2D eigenvalue weighted by atomic mass is 16.5. The Morgan fingerprint density at radius 1 is 1.06 bits per heavy atom. The number of unbranched alkanes of at least 4 members (excludes halogenated alkanes) is 1. The molecule has 1 aliphatic carbocycles. The van der Waals surface area contributed by atoms with Crippen LogP contribution in [0.25, 0.3) is 0 Å². The van der Waals surface area contributed by atoms with Crippen molar-refractivity contribution in [2.24, 2.45) is 16.7 Å². The van der Waals surface area contributed by atoms with Gasteiger partial charge < -0.3 is 9.47 Å². The maximum atomic E-state index is 12.5. The molecule has 0 amide bonds. The summed E-state index contributed by atoms with van der Waals surface area (Å²) in [5, 5.41) is 3.45. The molecule has 0 bridgehead atoms. The molecule has 0 aliphatic heterocycles. The van der Waals surface area contributed by atoms with Crippen LogP contribution < -0.4 is 5.32 Å². The molecule has 2 unspecified atom stereocenters. The van der Waals surface area contributed by atoms with Crippen molar-refractivity contribution >= 4 is 11.8 Å². The van der Waals surface area contributed by atoms with Crippen LogP contribution in [0.1, 0.15) is 91.5 Å². The molecule has 2 rings (SSSR count). The smallest absolute Gasteiger partial charge is 0.306 e. The minimum absolute atomic E-state index is 0.100. The normalized spacial score (nSPS) is 22.0. The van der Waals surface area contributed by atoms with Gasteiger partial charge in [-0.25, -0.2) is 0 Å². The zero-order chi connectivity index (χ0) is 25.0. The van der Waals surface area contributed by atoms with Crippen LogP contribution in [-0.4, -0.2) is 37.7 Å². The second kappa shape index (κ2) is 14.0. The summed E-state index contributed by atoms with van der Waals surface area (Å²) in [4.78, 5) is 24.6. The van der Waals surface area contributed by atoms with E-state index in [1.807, 2.05) is 32.0 Å². The lowest BCUT2D eigenvalue weighted by Crippen LogP contribution is -2.43. The van der Waals surface area contributed by atoms with E-state index in [0.717, 1.165) is 45.1 Å². The maximum Gasteiger partial charge on any atom is 0.306 e. The van der Waals surface area contributed by atoms with Crippen LogP contribution >= 0.6 is 0 Å². The van der Waals surface area contributed by atoms with Gasteiger partial charge in [0, 0.05) is 25.8 Å². The molecule has 1 fully saturated rings. The van der Waals surface area contributed by atoms with E-state index in [-0.39, 0.29) is 28.7 Å². The third-order valence-electron chi connectivity index (χ3n) is 6.70. The summed E-state index contributed by atoms with van der Waals surface area (Å²) in [6.45, 7) is 12.9. The number of carbonyl (C=O) groups excluding carboxylic acids is 2. The molecule has 1 aromatic rings. The van der Waals surface area contributed by atoms with Gasteiger partial charge in [-0.15, -0.1) is 0 Å². The van der Waals surface area contributed by atoms with Gasteiger partial charge in [-0.1, -0.05) is 51.1 Å². The van der Waals surface area contributed by atoms with Gasteiger partial charge in [-0.3, -0.25) is 14.9 Å². The number of nitrogens with one attached hydrogen (secondary N) is 1. The Kier molecular flexibility index (Phi) is 11.7. The van der Waals surface area contributed by atoms with Crippen molar-refractivity contribution in [3.63, 3.8) is 0 Å². The summed E-state index contributed by atoms with van der Waals surface area (Å²) in [5.74, 6) is 0.525. The number of Topliss-reactive ketones (excluding diaryl/α,β-unsaturated/α-hetero) is 1. The minimum atomic E-state index is -0.100. The first-order valence-corrected chi connectivity index (χ1v) is 13.1. The van der Waals surface area contributed by atoms with Gasteiger partial charge >= 0.3 is 5.97 Å². The third-order valence-corrected chi connectivity index (χ3v) is 6.70. The molecule has 0 saturated heterocycles. The van der Waals surface area contributed by atoms with Crippen molar-refractivity contribution in [1.82, 2.24) is 5.32 Å². The standard InChI is InChI=1S/C29H47NO4/c1-23(2)34-22-30-21-29(5)19-25(18-28(3,4)20-29)17-27(32)33-16-10-9-13-26(31)15-14-24-11-7-6-8-12-24/h6-8,11-12,23,25,30H,9-10,13-22H2,1-5H3. The fourth-order valence-corrected chi connectivity index (χ4v) is 5.67. The highest BCUT2D eigenvalue weighted by Crippen LogP contribution is 2.49. The van der Waals surface area contributed by atoms with Crippen LogP contribution in [0.15, 0.2) is 30.3 Å². The predicted octanol–water partition coefficient (Wildman–Crippen LogP) is 6.10. The highest BCUT2D eigenvalue weighted by molar-refractivity contribution is 5.78. The Morgan fingerprint density at radius 2 is 1.79 bits per heavy atom. The molecular weight excluding hydrogens is 426 g/mol. The minimum Gasteiger partial charge on any atom is -0.466 e. The van der Waals surface area contributed by atoms with Gasteiger partial charge in [-0.05, 0) is 74.7 Å². The Balaban J connectivity index is 1.63. The summed E-state index contributed by atoms with van der Waals surface area (Å²) in [5.41, 5.74) is 1.55. The first-order valence-electron chi connectivity index (χ1n) is 13.1. The largest absolute Gasteiger partial charge is 0.466 e. The molecule has 1 aliphatic rings. The number of aryl methyl sites for hydroxylation is 1. The van der Waals surface area contributed by atoms with Crippen molar-refractivity contribution in [2.45, 2.75) is 98.5 Å². The van der Waals surface area contributed by atoms with Crippen LogP contribution in [0, 0.1) is 16.7 Å². The Labute approximate surface area is 207 Å². The number of ketones is 1. The molecule has 5 nitrogen and oxygen atoms in total. The molecule has 5 heteroatoms. The van der Waals surface area contributed by atoms with Gasteiger partial charge in [-0.2, -0.15) is 0 Å². The fraction of sp³-hybridized carbons (Fsp3) is 0.724. The highest BCUT2D eigenvalue weighted by Gasteiger charge is 2.41. The van der Waals surface area contributed by atoms with E-state index in [2.05, 4.69) is 38.2 Å². The Bertz CT molecular complexity index is 746. The van der Waals surface area contributed by atoms with Gasteiger partial charge in [0.2, 0.25) is 0 Å². The lowest BCUT2D eigenvalue weighted by atomic mass is 9.60. The van der Waals surface area contributed by atoms with Gasteiger partial charge in [0.05, 0.1) is 19.4 Å². The topological polar surface area (TPSA) is 64.6 Å². The molecule has 2 atom stereocenters. The first kappa shape index (κ1) is 28.5. The van der Waals surface area contributed by atoms with Crippen LogP contribution in [0.5, 0.6) is 0 Å². The van der Waals surface area contributed by atoms with Gasteiger partial charge in [0.15, 0.2) is 0 Å². The second-order valence-corrected chi connectivity index (χ2v) is 11.6. The molecule has 1 N–H and O–H groups in total. The summed E-state index contributed by atoms with van der Waals surface area (Å²) >= 11 is 0. The Hall–Kier alpha value is -1.72. The molecule has 0 heterocycles. The number of carbonyl (C=O) groups is 2. The molecule has 0 radical (unpaired) electrons. The molecule has 34 heavy (non-hydrogen) atoms. The summed E-state index contributed by atoms with van der Waals surface area (Å²) in [7, 11) is 0. The van der Waals surface area contributed by atoms with Crippen molar-refractivity contribution < 1.29 is 19.1 Å². The van der Waals surface area contributed by atoms with E-state index in [9.17, 15) is 9.59 Å². The molecule has 192 valence electrons. The zero-order valence-corrected chi connectivity index (χ0v) is 22.2. The van der Waals surface area contributed by atoms with E-state index in [0.29, 0.717) is 38.5 Å². The molecular formula is C29H47NO4. The number of hydrogen-bond donors (Lipinski definition) is 1. The number of esters is 1. The van der Waals surface area contributed by atoms with Crippen LogP contribution in [0.2, 0.25) is 0 Å². The second-order valence-electron chi connectivity index (χ2n) is 11.6. The summed E-state index contributed by atoms with van der Waals surface area (Å²) < 4.78 is 11.2. The zero-order valence-electron chi connectivity index (χ0n) is 22.2. The van der Waals surface area contributed by atoms with E-state index in [1.165, 1.54) is 5.56 Å². The molecule has 1 aromatic carbocycles. The van der Waals surface area contributed by atoms with E-state index < -0.39 is 0 Å². The summed E-state index contributed by atoms with van der Waals surface area (Å²) in [6.07, 6.45) is 7.38.